The first kappa shape index (κ1) is 17.9. The van der Waals surface area contributed by atoms with Gasteiger partial charge in [-0.15, -0.1) is 0 Å². The van der Waals surface area contributed by atoms with E-state index in [1.807, 2.05) is 0 Å². The van der Waals surface area contributed by atoms with Gasteiger partial charge in [-0.05, 0) is 45.9 Å². The first-order valence-corrected chi connectivity index (χ1v) is 7.63. The number of nitrogens with zero attached hydrogens (tertiary/aromatic N) is 1. The van der Waals surface area contributed by atoms with E-state index >= 15 is 0 Å². The second-order valence-electron chi connectivity index (χ2n) is 5.40. The quantitative estimate of drug-likeness (QED) is 0.514. The molecule has 0 spiro atoms. The Bertz CT molecular complexity index is 163. The Labute approximate surface area is 114 Å². The van der Waals surface area contributed by atoms with Gasteiger partial charge in [-0.3, -0.25) is 0 Å². The maximum atomic E-state index is 5.74. The maximum absolute atomic E-state index is 5.74. The van der Waals surface area contributed by atoms with E-state index in [1.165, 1.54) is 32.1 Å². The molecule has 0 fully saturated rings. The predicted molar refractivity (Wildman–Crippen MR) is 80.2 cm³/mol. The van der Waals surface area contributed by atoms with Gasteiger partial charge >= 0.3 is 0 Å². The fourth-order valence-corrected chi connectivity index (χ4v) is 1.94. The summed E-state index contributed by atoms with van der Waals surface area (Å²) in [6.45, 7) is 9.55. The summed E-state index contributed by atoms with van der Waals surface area (Å²) in [6.07, 6.45) is 6.41. The van der Waals surface area contributed by atoms with Gasteiger partial charge in [-0.2, -0.15) is 0 Å². The van der Waals surface area contributed by atoms with Crippen LogP contribution >= 0.6 is 0 Å². The molecule has 0 heterocycles. The van der Waals surface area contributed by atoms with Crippen LogP contribution in [0.25, 0.3) is 0 Å². The smallest absolute Gasteiger partial charge is 0.0591 e. The maximum Gasteiger partial charge on any atom is 0.0591 e. The molecule has 1 N–H and O–H groups in total. The van der Waals surface area contributed by atoms with Crippen LogP contribution in [-0.2, 0) is 4.74 Å². The van der Waals surface area contributed by atoms with Gasteiger partial charge in [-0.1, -0.05) is 33.1 Å². The van der Waals surface area contributed by atoms with E-state index in [9.17, 15) is 0 Å². The zero-order valence-corrected chi connectivity index (χ0v) is 13.0. The van der Waals surface area contributed by atoms with E-state index < -0.39 is 0 Å². The fraction of sp³-hybridized carbons (Fsp3) is 1.00. The Morgan fingerprint density at radius 1 is 1.11 bits per heavy atom. The van der Waals surface area contributed by atoms with Crippen molar-refractivity contribution in [3.8, 4) is 0 Å². The lowest BCUT2D eigenvalue weighted by atomic mass is 10.0. The van der Waals surface area contributed by atoms with Gasteiger partial charge in [0.05, 0.1) is 6.61 Å². The van der Waals surface area contributed by atoms with Crippen molar-refractivity contribution in [1.82, 2.24) is 10.2 Å². The van der Waals surface area contributed by atoms with Crippen molar-refractivity contribution in [1.29, 1.82) is 0 Å². The first-order chi connectivity index (χ1) is 8.70. The molecule has 0 aliphatic heterocycles. The van der Waals surface area contributed by atoms with E-state index in [0.717, 1.165) is 38.8 Å². The van der Waals surface area contributed by atoms with E-state index in [2.05, 4.69) is 38.2 Å². The number of rotatable bonds is 13. The van der Waals surface area contributed by atoms with Crippen molar-refractivity contribution >= 4 is 0 Å². The van der Waals surface area contributed by atoms with E-state index in [1.54, 1.807) is 0 Å². The molecule has 0 saturated carbocycles. The highest BCUT2D eigenvalue weighted by Crippen LogP contribution is 2.12. The number of hydrogen-bond donors (Lipinski definition) is 1. The SMILES string of the molecule is CCCCC(CC)COCCNCCCN(C)C. The Kier molecular flexibility index (Phi) is 13.2. The zero-order chi connectivity index (χ0) is 13.6. The van der Waals surface area contributed by atoms with E-state index in [0.29, 0.717) is 0 Å². The third-order valence-electron chi connectivity index (χ3n) is 3.28. The topological polar surface area (TPSA) is 24.5 Å². The van der Waals surface area contributed by atoms with Gasteiger partial charge in [0, 0.05) is 13.2 Å². The Hall–Kier alpha value is -0.120. The minimum atomic E-state index is 0.763. The van der Waals surface area contributed by atoms with Crippen LogP contribution in [0, 0.1) is 5.92 Å². The van der Waals surface area contributed by atoms with Gasteiger partial charge in [0.2, 0.25) is 0 Å². The molecule has 18 heavy (non-hydrogen) atoms. The summed E-state index contributed by atoms with van der Waals surface area (Å²) in [5, 5.41) is 3.42. The fourth-order valence-electron chi connectivity index (χ4n) is 1.94. The average molecular weight is 258 g/mol. The molecule has 0 bridgehead atoms. The lowest BCUT2D eigenvalue weighted by Gasteiger charge is -2.15. The lowest BCUT2D eigenvalue weighted by molar-refractivity contribution is 0.0956. The number of unbranched alkanes of at least 4 members (excludes halogenated alkanes) is 1. The van der Waals surface area contributed by atoms with Crippen molar-refractivity contribution in [3.05, 3.63) is 0 Å². The molecule has 0 aliphatic carbocycles. The van der Waals surface area contributed by atoms with Crippen molar-refractivity contribution < 1.29 is 4.74 Å². The van der Waals surface area contributed by atoms with Crippen molar-refractivity contribution in [3.63, 3.8) is 0 Å². The Morgan fingerprint density at radius 2 is 1.89 bits per heavy atom. The highest BCUT2D eigenvalue weighted by molar-refractivity contribution is 4.56. The molecule has 1 atom stereocenters. The molecular weight excluding hydrogens is 224 g/mol. The second kappa shape index (κ2) is 13.3. The van der Waals surface area contributed by atoms with Gasteiger partial charge < -0.3 is 15.0 Å². The van der Waals surface area contributed by atoms with Crippen LogP contribution in [0.4, 0.5) is 0 Å². The molecule has 1 unspecified atom stereocenters. The molecule has 0 rings (SSSR count). The van der Waals surface area contributed by atoms with Crippen LogP contribution in [0.3, 0.4) is 0 Å². The van der Waals surface area contributed by atoms with Crippen LogP contribution < -0.4 is 5.32 Å². The zero-order valence-electron chi connectivity index (χ0n) is 13.0. The third kappa shape index (κ3) is 12.3. The van der Waals surface area contributed by atoms with Crippen LogP contribution in [-0.4, -0.2) is 51.8 Å². The number of nitrogens with one attached hydrogen (secondary N) is 1. The summed E-state index contributed by atoms with van der Waals surface area (Å²) >= 11 is 0. The molecule has 0 aliphatic rings. The largest absolute Gasteiger partial charge is 0.380 e. The van der Waals surface area contributed by atoms with Gasteiger partial charge in [-0.25, -0.2) is 0 Å². The summed E-state index contributed by atoms with van der Waals surface area (Å²) < 4.78 is 5.74. The highest BCUT2D eigenvalue weighted by atomic mass is 16.5. The molecule has 0 aromatic heterocycles. The van der Waals surface area contributed by atoms with Gasteiger partial charge in [0.15, 0.2) is 0 Å². The molecule has 3 heteroatoms. The molecule has 0 aromatic rings. The lowest BCUT2D eigenvalue weighted by Crippen LogP contribution is -2.25. The average Bonchev–Trinajstić information content (AvgIpc) is 2.35. The summed E-state index contributed by atoms with van der Waals surface area (Å²) in [5.41, 5.74) is 0. The van der Waals surface area contributed by atoms with Crippen molar-refractivity contribution in [2.24, 2.45) is 5.92 Å². The summed E-state index contributed by atoms with van der Waals surface area (Å²) in [5.74, 6) is 0.763. The number of ether oxygens (including phenoxy) is 1. The van der Waals surface area contributed by atoms with E-state index in [4.69, 9.17) is 4.74 Å². The molecule has 0 aromatic carbocycles. The third-order valence-corrected chi connectivity index (χ3v) is 3.28. The second-order valence-corrected chi connectivity index (χ2v) is 5.40. The predicted octanol–water partition coefficient (Wildman–Crippen LogP) is 2.76. The Morgan fingerprint density at radius 3 is 2.50 bits per heavy atom. The van der Waals surface area contributed by atoms with Crippen LogP contribution in [0.1, 0.15) is 46.0 Å². The Balaban J connectivity index is 3.22. The van der Waals surface area contributed by atoms with E-state index in [-0.39, 0.29) is 0 Å². The van der Waals surface area contributed by atoms with Gasteiger partial charge in [0.25, 0.3) is 0 Å². The molecule has 110 valence electrons. The normalized spacial score (nSPS) is 13.2. The summed E-state index contributed by atoms with van der Waals surface area (Å²) in [4.78, 5) is 2.22. The molecular formula is C15H34N2O. The highest BCUT2D eigenvalue weighted by Gasteiger charge is 2.05. The summed E-state index contributed by atoms with van der Waals surface area (Å²) in [6, 6.07) is 0. The monoisotopic (exact) mass is 258 g/mol. The molecule has 3 nitrogen and oxygen atoms in total. The minimum Gasteiger partial charge on any atom is -0.380 e. The number of hydrogen-bond acceptors (Lipinski definition) is 3. The molecule has 0 saturated heterocycles. The minimum absolute atomic E-state index is 0.763. The van der Waals surface area contributed by atoms with Crippen molar-refractivity contribution in [2.45, 2.75) is 46.0 Å². The standard InChI is InChI=1S/C15H34N2O/c1-5-7-9-15(6-2)14-18-13-11-16-10-8-12-17(3)4/h15-16H,5-14H2,1-4H3. The van der Waals surface area contributed by atoms with Crippen molar-refractivity contribution in [2.75, 3.05) is 46.9 Å². The van der Waals surface area contributed by atoms with Crippen LogP contribution in [0.15, 0.2) is 0 Å². The molecule has 0 amide bonds. The van der Waals surface area contributed by atoms with Crippen LogP contribution in [0.2, 0.25) is 0 Å². The molecule has 0 radical (unpaired) electrons. The van der Waals surface area contributed by atoms with Crippen LogP contribution in [0.5, 0.6) is 0 Å². The summed E-state index contributed by atoms with van der Waals surface area (Å²) in [7, 11) is 4.23. The van der Waals surface area contributed by atoms with Gasteiger partial charge in [0.1, 0.15) is 0 Å². The first-order valence-electron chi connectivity index (χ1n) is 7.63.